The first-order chi connectivity index (χ1) is 31.7. The highest BCUT2D eigenvalue weighted by molar-refractivity contribution is 6.16. The summed E-state index contributed by atoms with van der Waals surface area (Å²) in [6, 6.07) is 82.0. The Kier molecular flexibility index (Phi) is 8.18. The number of ether oxygens (including phenoxy) is 2. The van der Waals surface area contributed by atoms with Crippen LogP contribution in [0.1, 0.15) is 0 Å². The van der Waals surface area contributed by atoms with Crippen LogP contribution in [0.5, 0.6) is 23.0 Å². The first kappa shape index (κ1) is 36.1. The standard InChI is InChI=1S/C60H38N2O2/c1-4-15-39(16-5-1)42-21-12-23-44(33-42)47-29-31-53-55(36-47)63-57-38-51-50-27-10-11-28-52(50)61(49-26-14-25-46(35-49)41-19-8-3-9-20-41)58(51)60-59(57)62(53)54-32-30-48(37-56(54)64-60)45-24-13-22-43(34-45)40-17-6-2-7-18-40/h1-38H. The number of hydrogen-bond acceptors (Lipinski definition) is 3. The van der Waals surface area contributed by atoms with Crippen molar-refractivity contribution in [2.24, 2.45) is 0 Å². The zero-order chi connectivity index (χ0) is 42.1. The molecule has 1 aromatic heterocycles. The van der Waals surface area contributed by atoms with Crippen LogP contribution in [0.4, 0.5) is 17.1 Å². The summed E-state index contributed by atoms with van der Waals surface area (Å²) in [7, 11) is 0. The van der Waals surface area contributed by atoms with E-state index in [2.05, 4.69) is 240 Å². The van der Waals surface area contributed by atoms with Gasteiger partial charge in [-0.2, -0.15) is 0 Å². The van der Waals surface area contributed by atoms with Crippen molar-refractivity contribution < 1.29 is 9.47 Å². The van der Waals surface area contributed by atoms with Crippen LogP contribution in [-0.2, 0) is 0 Å². The minimum atomic E-state index is 0.747. The van der Waals surface area contributed by atoms with Crippen LogP contribution in [0.15, 0.2) is 231 Å². The normalized spacial score (nSPS) is 12.3. The summed E-state index contributed by atoms with van der Waals surface area (Å²) in [5, 5.41) is 2.18. The Labute approximate surface area is 371 Å². The number of fused-ring (bicyclic) bond motifs is 8. The highest BCUT2D eigenvalue weighted by atomic mass is 16.5. The number of benzene rings is 10. The molecule has 2 aliphatic rings. The van der Waals surface area contributed by atoms with Crippen molar-refractivity contribution >= 4 is 38.9 Å². The second-order valence-corrected chi connectivity index (χ2v) is 16.5. The third-order valence-electron chi connectivity index (χ3n) is 12.7. The SMILES string of the molecule is c1ccc(-c2cccc(-c3ccc4c(c3)Oc3cc5c6ccccc6n(-c6cccc(-c7ccccc7)c6)c5c5c3N4c3ccc(-c4cccc(-c6ccccc6)c4)cc3O5)c2)cc1. The molecule has 10 aromatic carbocycles. The molecule has 0 N–H and O–H groups in total. The molecule has 0 atom stereocenters. The predicted octanol–water partition coefficient (Wildman–Crippen LogP) is 16.8. The molecule has 64 heavy (non-hydrogen) atoms. The van der Waals surface area contributed by atoms with E-state index in [0.29, 0.717) is 0 Å². The highest BCUT2D eigenvalue weighted by Gasteiger charge is 2.38. The van der Waals surface area contributed by atoms with E-state index in [-0.39, 0.29) is 0 Å². The van der Waals surface area contributed by atoms with Crippen LogP contribution < -0.4 is 14.4 Å². The van der Waals surface area contributed by atoms with Gasteiger partial charge >= 0.3 is 0 Å². The summed E-state index contributed by atoms with van der Waals surface area (Å²) in [5.41, 5.74) is 17.3. The second kappa shape index (κ2) is 14.5. The van der Waals surface area contributed by atoms with Gasteiger partial charge in [-0.25, -0.2) is 0 Å². The maximum Gasteiger partial charge on any atom is 0.180 e. The Hall–Kier alpha value is -8.60. The molecule has 0 saturated heterocycles. The van der Waals surface area contributed by atoms with Gasteiger partial charge in [-0.1, -0.05) is 170 Å². The first-order valence-corrected chi connectivity index (χ1v) is 21.7. The minimum absolute atomic E-state index is 0.747. The van der Waals surface area contributed by atoms with Gasteiger partial charge in [0.1, 0.15) is 5.69 Å². The fourth-order valence-corrected chi connectivity index (χ4v) is 9.71. The van der Waals surface area contributed by atoms with Crippen molar-refractivity contribution in [3.63, 3.8) is 0 Å². The smallest absolute Gasteiger partial charge is 0.180 e. The van der Waals surface area contributed by atoms with Crippen molar-refractivity contribution in [1.29, 1.82) is 0 Å². The van der Waals surface area contributed by atoms with Crippen molar-refractivity contribution in [2.75, 3.05) is 4.90 Å². The molecule has 0 bridgehead atoms. The monoisotopic (exact) mass is 818 g/mol. The van der Waals surface area contributed by atoms with Crippen LogP contribution >= 0.6 is 0 Å². The number of aromatic nitrogens is 1. The molecule has 0 amide bonds. The van der Waals surface area contributed by atoms with Crippen molar-refractivity contribution in [1.82, 2.24) is 4.57 Å². The minimum Gasteiger partial charge on any atom is -0.453 e. The molecule has 0 spiro atoms. The number of nitrogens with zero attached hydrogens (tertiary/aromatic N) is 2. The van der Waals surface area contributed by atoms with E-state index in [9.17, 15) is 0 Å². The number of para-hydroxylation sites is 1. The van der Waals surface area contributed by atoms with Crippen molar-refractivity contribution in [2.45, 2.75) is 0 Å². The Morgan fingerprint density at radius 3 is 1.33 bits per heavy atom. The summed E-state index contributed by atoms with van der Waals surface area (Å²) >= 11 is 0. The third-order valence-corrected chi connectivity index (χ3v) is 12.7. The van der Waals surface area contributed by atoms with Gasteiger partial charge in [0.15, 0.2) is 23.0 Å². The Balaban J connectivity index is 1.03. The zero-order valence-electron chi connectivity index (χ0n) is 34.7. The summed E-state index contributed by atoms with van der Waals surface area (Å²) < 4.78 is 16.8. The topological polar surface area (TPSA) is 26.6 Å². The number of rotatable bonds is 6. The van der Waals surface area contributed by atoms with Gasteiger partial charge in [0.2, 0.25) is 0 Å². The first-order valence-electron chi connectivity index (χ1n) is 21.7. The van der Waals surface area contributed by atoms with Gasteiger partial charge in [-0.3, -0.25) is 4.90 Å². The average Bonchev–Trinajstić information content (AvgIpc) is 3.71. The summed E-state index contributed by atoms with van der Waals surface area (Å²) in [5.74, 6) is 3.06. The van der Waals surface area contributed by atoms with Crippen LogP contribution in [-0.4, -0.2) is 4.57 Å². The second-order valence-electron chi connectivity index (χ2n) is 16.5. The summed E-state index contributed by atoms with van der Waals surface area (Å²) in [4.78, 5) is 2.35. The lowest BCUT2D eigenvalue weighted by molar-refractivity contribution is 0.449. The predicted molar refractivity (Wildman–Crippen MR) is 263 cm³/mol. The molecule has 13 rings (SSSR count). The molecular weight excluding hydrogens is 781 g/mol. The largest absolute Gasteiger partial charge is 0.453 e. The van der Waals surface area contributed by atoms with Gasteiger partial charge in [0.25, 0.3) is 0 Å². The van der Waals surface area contributed by atoms with E-state index < -0.39 is 0 Å². The zero-order valence-corrected chi connectivity index (χ0v) is 34.7. The van der Waals surface area contributed by atoms with E-state index in [0.717, 1.165) is 95.4 Å². The van der Waals surface area contributed by atoms with E-state index in [1.54, 1.807) is 0 Å². The molecule has 4 nitrogen and oxygen atoms in total. The maximum atomic E-state index is 7.34. The van der Waals surface area contributed by atoms with E-state index in [1.165, 1.54) is 27.8 Å². The van der Waals surface area contributed by atoms with E-state index in [4.69, 9.17) is 9.47 Å². The van der Waals surface area contributed by atoms with Gasteiger partial charge in [-0.15, -0.1) is 0 Å². The highest BCUT2D eigenvalue weighted by Crippen LogP contribution is 2.63. The quantitative estimate of drug-likeness (QED) is 0.167. The lowest BCUT2D eigenvalue weighted by Crippen LogP contribution is -2.20. The summed E-state index contributed by atoms with van der Waals surface area (Å²) in [6.07, 6.45) is 0. The average molecular weight is 819 g/mol. The number of hydrogen-bond donors (Lipinski definition) is 0. The fourth-order valence-electron chi connectivity index (χ4n) is 9.71. The number of anilines is 3. The maximum absolute atomic E-state index is 7.34. The molecule has 0 aliphatic carbocycles. The van der Waals surface area contributed by atoms with Crippen LogP contribution in [0, 0.1) is 0 Å². The van der Waals surface area contributed by atoms with Crippen LogP contribution in [0.2, 0.25) is 0 Å². The van der Waals surface area contributed by atoms with Crippen LogP contribution in [0.25, 0.3) is 83.1 Å². The lowest BCUT2D eigenvalue weighted by Gasteiger charge is -2.38. The van der Waals surface area contributed by atoms with E-state index >= 15 is 0 Å². The van der Waals surface area contributed by atoms with E-state index in [1.807, 2.05) is 0 Å². The molecule has 0 fully saturated rings. The van der Waals surface area contributed by atoms with Crippen molar-refractivity contribution in [3.8, 4) is 84.3 Å². The fraction of sp³-hybridized carbons (Fsp3) is 0. The molecule has 0 radical (unpaired) electrons. The third kappa shape index (κ3) is 5.84. The van der Waals surface area contributed by atoms with Crippen molar-refractivity contribution in [3.05, 3.63) is 231 Å². The van der Waals surface area contributed by atoms with Gasteiger partial charge in [-0.05, 0) is 116 Å². The summed E-state index contributed by atoms with van der Waals surface area (Å²) in [6.45, 7) is 0. The molecule has 0 saturated carbocycles. The van der Waals surface area contributed by atoms with Crippen LogP contribution in [0.3, 0.4) is 0 Å². The molecule has 3 heterocycles. The molecular formula is C60H38N2O2. The van der Waals surface area contributed by atoms with Gasteiger partial charge in [0, 0.05) is 16.5 Å². The van der Waals surface area contributed by atoms with Gasteiger partial charge < -0.3 is 14.0 Å². The Morgan fingerprint density at radius 1 is 0.297 bits per heavy atom. The Morgan fingerprint density at radius 2 is 0.750 bits per heavy atom. The molecule has 300 valence electrons. The molecule has 11 aromatic rings. The lowest BCUT2D eigenvalue weighted by atomic mass is 9.97. The Bertz CT molecular complexity index is 3600. The molecule has 4 heteroatoms. The molecule has 0 unspecified atom stereocenters. The molecule has 2 aliphatic heterocycles. The van der Waals surface area contributed by atoms with Gasteiger partial charge in [0.05, 0.1) is 22.4 Å².